The van der Waals surface area contributed by atoms with Crippen molar-refractivity contribution in [2.45, 2.75) is 26.3 Å². The zero-order valence-corrected chi connectivity index (χ0v) is 14.7. The van der Waals surface area contributed by atoms with Gasteiger partial charge in [-0.05, 0) is 13.8 Å². The van der Waals surface area contributed by atoms with Crippen molar-refractivity contribution in [2.75, 3.05) is 33.3 Å². The van der Waals surface area contributed by atoms with Crippen molar-refractivity contribution in [2.24, 2.45) is 10.1 Å². The zero-order chi connectivity index (χ0) is 18.1. The molecule has 3 heterocycles. The van der Waals surface area contributed by atoms with E-state index in [-0.39, 0.29) is 25.1 Å². The first-order valence-electron chi connectivity index (χ1n) is 8.34. The third kappa shape index (κ3) is 2.84. The maximum Gasteiger partial charge on any atom is 0.416 e. The molecule has 0 spiro atoms. The van der Waals surface area contributed by atoms with Crippen molar-refractivity contribution < 1.29 is 19.3 Å². The molecule has 1 saturated heterocycles. The van der Waals surface area contributed by atoms with E-state index in [0.717, 1.165) is 5.71 Å². The van der Waals surface area contributed by atoms with Crippen molar-refractivity contribution in [1.29, 1.82) is 0 Å². The molecular weight excluding hydrogens is 324 g/mol. The van der Waals surface area contributed by atoms with Crippen LogP contribution in [0.15, 0.2) is 22.2 Å². The molecule has 0 aromatic heterocycles. The number of aliphatic hydroxyl groups excluding tert-OH is 1. The van der Waals surface area contributed by atoms with Crippen molar-refractivity contribution in [1.82, 2.24) is 14.8 Å². The van der Waals surface area contributed by atoms with Crippen LogP contribution in [0.1, 0.15) is 20.3 Å². The highest BCUT2D eigenvalue weighted by atomic mass is 16.3. The lowest BCUT2D eigenvalue weighted by molar-refractivity contribution is -0.527. The lowest BCUT2D eigenvalue weighted by atomic mass is 10.1. The number of nitrogens with zero attached hydrogens (tertiary/aromatic N) is 6. The van der Waals surface area contributed by atoms with E-state index in [9.17, 15) is 9.59 Å². The number of carbonyl (C=O) groups is 2. The van der Waals surface area contributed by atoms with Crippen molar-refractivity contribution in [3.05, 3.63) is 12.2 Å². The average molecular weight is 347 g/mol. The van der Waals surface area contributed by atoms with Gasteiger partial charge in [0.25, 0.3) is 5.91 Å². The van der Waals surface area contributed by atoms with Gasteiger partial charge in [0.15, 0.2) is 0 Å². The number of fused-ring (bicyclic) bond motifs is 2. The highest BCUT2D eigenvalue weighted by Crippen LogP contribution is 2.23. The molecule has 0 saturated carbocycles. The number of aliphatic hydroxyl groups is 1. The number of amides is 3. The number of hydrazone groups is 1. The topological polar surface area (TPSA) is 91.8 Å². The van der Waals surface area contributed by atoms with Crippen LogP contribution in [0.25, 0.3) is 0 Å². The number of likely N-dealkylation sites (N-methyl/N-ethyl adjacent to an activating group) is 1. The normalized spacial score (nSPS) is 23.4. The van der Waals surface area contributed by atoms with Gasteiger partial charge in [0, 0.05) is 26.6 Å². The molecule has 3 amide bonds. The summed E-state index contributed by atoms with van der Waals surface area (Å²) >= 11 is 0. The number of carbonyl (C=O) groups excluding carboxylic acids is 2. The summed E-state index contributed by atoms with van der Waals surface area (Å²) in [6.07, 6.45) is 4.13. The molecule has 1 N–H and O–H groups in total. The lowest BCUT2D eigenvalue weighted by Gasteiger charge is -2.33. The summed E-state index contributed by atoms with van der Waals surface area (Å²) in [4.78, 5) is 32.7. The Labute approximate surface area is 146 Å². The first-order valence-corrected chi connectivity index (χ1v) is 8.34. The number of hydrogen-bond acceptors (Lipinski definition) is 6. The summed E-state index contributed by atoms with van der Waals surface area (Å²) < 4.78 is 1.88. The summed E-state index contributed by atoms with van der Waals surface area (Å²) in [7, 11) is 1.63. The third-order valence-corrected chi connectivity index (χ3v) is 4.36. The largest absolute Gasteiger partial charge is 0.416 e. The van der Waals surface area contributed by atoms with E-state index >= 15 is 0 Å². The maximum atomic E-state index is 13.0. The van der Waals surface area contributed by atoms with Gasteiger partial charge < -0.3 is 5.11 Å². The van der Waals surface area contributed by atoms with E-state index in [4.69, 9.17) is 5.11 Å². The minimum atomic E-state index is -0.620. The molecule has 0 bridgehead atoms. The van der Waals surface area contributed by atoms with E-state index in [1.54, 1.807) is 18.1 Å². The number of imide groups is 1. The van der Waals surface area contributed by atoms with Crippen molar-refractivity contribution in [3.8, 4) is 0 Å². The molecule has 1 unspecified atom stereocenters. The Balaban J connectivity index is 1.96. The smallest absolute Gasteiger partial charge is 0.396 e. The molecule has 1 atom stereocenters. The number of aliphatic imine (C=N–C) groups is 1. The fourth-order valence-corrected chi connectivity index (χ4v) is 3.15. The number of urea groups is 1. The average Bonchev–Trinajstić information content (AvgIpc) is 2.97. The highest BCUT2D eigenvalue weighted by molar-refractivity contribution is 6.23. The maximum absolute atomic E-state index is 13.0. The van der Waals surface area contributed by atoms with Gasteiger partial charge in [-0.2, -0.15) is 0 Å². The first-order chi connectivity index (χ1) is 12.0. The quantitative estimate of drug-likeness (QED) is 0.545. The number of allylic oxidation sites excluding steroid dienone is 1. The monoisotopic (exact) mass is 347 g/mol. The standard InChI is InChI=1S/C16H23N6O3/c1-4-5-7-20-14(24)12-13(19(3)16(20)25)17-15-21(12)10-11(2)18-22(15)8-6-9-23/h4-5,12,23H,6-10H2,1-3H3/q+1/b5-4+. The Morgan fingerprint density at radius 1 is 1.40 bits per heavy atom. The molecular formula is C16H23N6O3+. The van der Waals surface area contributed by atoms with Crippen LogP contribution < -0.4 is 0 Å². The van der Waals surface area contributed by atoms with Gasteiger partial charge in [0.2, 0.25) is 11.9 Å². The van der Waals surface area contributed by atoms with Crippen LogP contribution >= 0.6 is 0 Å². The van der Waals surface area contributed by atoms with Crippen LogP contribution in [-0.4, -0.2) is 93.3 Å². The van der Waals surface area contributed by atoms with Crippen molar-refractivity contribution in [3.63, 3.8) is 0 Å². The molecule has 1 fully saturated rings. The molecule has 0 aliphatic carbocycles. The number of amidine groups is 1. The fourth-order valence-electron chi connectivity index (χ4n) is 3.15. The van der Waals surface area contributed by atoms with Crippen molar-refractivity contribution >= 4 is 29.4 Å². The van der Waals surface area contributed by atoms with E-state index < -0.39 is 6.04 Å². The second-order valence-corrected chi connectivity index (χ2v) is 6.20. The molecule has 9 nitrogen and oxygen atoms in total. The summed E-state index contributed by atoms with van der Waals surface area (Å²) in [5, 5.41) is 15.3. The van der Waals surface area contributed by atoms with Crippen LogP contribution in [0.2, 0.25) is 0 Å². The minimum Gasteiger partial charge on any atom is -0.396 e. The van der Waals surface area contributed by atoms with Gasteiger partial charge in [-0.25, -0.2) is 9.37 Å². The molecule has 25 heavy (non-hydrogen) atoms. The van der Waals surface area contributed by atoms with Crippen LogP contribution in [0.5, 0.6) is 0 Å². The molecule has 0 radical (unpaired) electrons. The number of hydrogen-bond donors (Lipinski definition) is 1. The Hall–Kier alpha value is -2.55. The van der Waals surface area contributed by atoms with Gasteiger partial charge in [0.05, 0.1) is 12.3 Å². The lowest BCUT2D eigenvalue weighted by Crippen LogP contribution is -2.63. The van der Waals surface area contributed by atoms with Crippen LogP contribution in [0.4, 0.5) is 4.79 Å². The number of rotatable bonds is 5. The zero-order valence-electron chi connectivity index (χ0n) is 14.7. The van der Waals surface area contributed by atoms with Gasteiger partial charge in [-0.3, -0.25) is 14.6 Å². The molecule has 0 aromatic rings. The predicted molar refractivity (Wildman–Crippen MR) is 92.6 cm³/mol. The van der Waals surface area contributed by atoms with Gasteiger partial charge in [-0.15, -0.1) is 10.1 Å². The molecule has 0 aromatic carbocycles. The van der Waals surface area contributed by atoms with Crippen LogP contribution in [-0.2, 0) is 4.79 Å². The Morgan fingerprint density at radius 2 is 2.16 bits per heavy atom. The Bertz CT molecular complexity index is 723. The van der Waals surface area contributed by atoms with Crippen LogP contribution in [0, 0.1) is 0 Å². The SMILES string of the molecule is C/C=C/CN1C(=O)C2C(=NC3=[N+]2CC(C)=NN3CCCO)N(C)C1=O. The Morgan fingerprint density at radius 3 is 2.84 bits per heavy atom. The fraction of sp³-hybridized carbons (Fsp3) is 0.562. The third-order valence-electron chi connectivity index (χ3n) is 4.36. The van der Waals surface area contributed by atoms with Crippen LogP contribution in [0.3, 0.4) is 0 Å². The molecule has 3 rings (SSSR count). The van der Waals surface area contributed by atoms with Gasteiger partial charge >= 0.3 is 12.0 Å². The summed E-state index contributed by atoms with van der Waals surface area (Å²) in [6, 6.07) is -0.997. The summed E-state index contributed by atoms with van der Waals surface area (Å²) in [6.45, 7) is 5.01. The van der Waals surface area contributed by atoms with Gasteiger partial charge in [-0.1, -0.05) is 17.1 Å². The van der Waals surface area contributed by atoms with E-state index in [1.165, 1.54) is 9.80 Å². The highest BCUT2D eigenvalue weighted by Gasteiger charge is 2.54. The molecule has 9 heteroatoms. The van der Waals surface area contributed by atoms with E-state index in [2.05, 4.69) is 10.1 Å². The second kappa shape index (κ2) is 6.75. The predicted octanol–water partition coefficient (Wildman–Crippen LogP) is -0.320. The molecule has 3 aliphatic heterocycles. The summed E-state index contributed by atoms with van der Waals surface area (Å²) in [5.74, 6) is 0.715. The first kappa shape index (κ1) is 17.3. The van der Waals surface area contributed by atoms with E-state index in [0.29, 0.717) is 31.3 Å². The number of guanidine groups is 1. The second-order valence-electron chi connectivity index (χ2n) is 6.20. The molecule has 134 valence electrons. The minimum absolute atomic E-state index is 0.0484. The molecule has 3 aliphatic rings. The Kier molecular flexibility index (Phi) is 4.67. The summed E-state index contributed by atoms with van der Waals surface area (Å²) in [5.41, 5.74) is 0.852. The van der Waals surface area contributed by atoms with Gasteiger partial charge in [0.1, 0.15) is 6.54 Å². The van der Waals surface area contributed by atoms with E-state index in [1.807, 2.05) is 24.5 Å².